The maximum absolute atomic E-state index is 10.6. The van der Waals surface area contributed by atoms with Crippen LogP contribution in [-0.2, 0) is 0 Å². The minimum absolute atomic E-state index is 0.0217. The smallest absolute Gasteiger partial charge is 0.269 e. The maximum atomic E-state index is 10.6. The highest BCUT2D eigenvalue weighted by Crippen LogP contribution is 2.30. The van der Waals surface area contributed by atoms with Gasteiger partial charge in [-0.2, -0.15) is 0 Å². The number of benzene rings is 2. The summed E-state index contributed by atoms with van der Waals surface area (Å²) in [7, 11) is 0. The Hall–Kier alpha value is -2.56. The third-order valence-electron chi connectivity index (χ3n) is 3.61. The van der Waals surface area contributed by atoms with Crippen LogP contribution in [0.5, 0.6) is 5.75 Å². The van der Waals surface area contributed by atoms with E-state index in [-0.39, 0.29) is 17.5 Å². The molecule has 0 spiro atoms. The number of nitro benzene ring substituents is 1. The molecule has 0 aliphatic heterocycles. The van der Waals surface area contributed by atoms with Gasteiger partial charge in [0.05, 0.1) is 4.92 Å². The number of nitrogens with zero attached hydrogens (tertiary/aromatic N) is 1. The van der Waals surface area contributed by atoms with Crippen LogP contribution in [0, 0.1) is 24.0 Å². The maximum Gasteiger partial charge on any atom is 0.269 e. The zero-order valence-electron chi connectivity index (χ0n) is 12.3. The molecule has 0 radical (unpaired) electrons. The molecule has 5 nitrogen and oxygen atoms in total. The lowest BCUT2D eigenvalue weighted by Gasteiger charge is -2.18. The van der Waals surface area contributed by atoms with Gasteiger partial charge in [-0.15, -0.1) is 0 Å². The highest BCUT2D eigenvalue weighted by Gasteiger charge is 2.12. The minimum Gasteiger partial charge on any atom is -0.507 e. The number of aryl methyl sites for hydroxylation is 1. The van der Waals surface area contributed by atoms with E-state index in [1.165, 1.54) is 12.1 Å². The first-order chi connectivity index (χ1) is 9.90. The molecule has 0 fully saturated rings. The molecule has 2 N–H and O–H groups in total. The van der Waals surface area contributed by atoms with Crippen molar-refractivity contribution in [3.8, 4) is 5.75 Å². The predicted molar refractivity (Wildman–Crippen MR) is 82.7 cm³/mol. The lowest BCUT2D eigenvalue weighted by Crippen LogP contribution is -2.08. The van der Waals surface area contributed by atoms with Crippen LogP contribution in [0.25, 0.3) is 0 Å². The van der Waals surface area contributed by atoms with Gasteiger partial charge in [0, 0.05) is 29.4 Å². The molecule has 2 rings (SSSR count). The number of aromatic hydroxyl groups is 1. The molecule has 0 aliphatic rings. The lowest BCUT2D eigenvalue weighted by atomic mass is 10.0. The Balaban J connectivity index is 2.20. The Morgan fingerprint density at radius 2 is 1.76 bits per heavy atom. The first-order valence-electron chi connectivity index (χ1n) is 6.70. The number of hydrogen-bond donors (Lipinski definition) is 2. The second kappa shape index (κ2) is 5.83. The first kappa shape index (κ1) is 14.8. The molecule has 110 valence electrons. The van der Waals surface area contributed by atoms with Gasteiger partial charge < -0.3 is 10.4 Å². The second-order valence-electron chi connectivity index (χ2n) is 5.12. The molecule has 0 saturated carbocycles. The van der Waals surface area contributed by atoms with Crippen LogP contribution in [-0.4, -0.2) is 10.0 Å². The number of rotatable bonds is 4. The van der Waals surface area contributed by atoms with Gasteiger partial charge in [-0.3, -0.25) is 10.1 Å². The van der Waals surface area contributed by atoms with Crippen LogP contribution in [0.1, 0.15) is 29.7 Å². The zero-order chi connectivity index (χ0) is 15.6. The van der Waals surface area contributed by atoms with Crippen molar-refractivity contribution in [2.45, 2.75) is 26.8 Å². The van der Waals surface area contributed by atoms with Crippen molar-refractivity contribution in [3.05, 3.63) is 63.2 Å². The number of hydrogen-bond acceptors (Lipinski definition) is 4. The summed E-state index contributed by atoms with van der Waals surface area (Å²) in [4.78, 5) is 10.2. The van der Waals surface area contributed by atoms with Crippen LogP contribution in [0.3, 0.4) is 0 Å². The summed E-state index contributed by atoms with van der Waals surface area (Å²) < 4.78 is 0. The predicted octanol–water partition coefficient (Wildman–Crippen LogP) is 4.09. The van der Waals surface area contributed by atoms with Gasteiger partial charge in [0.2, 0.25) is 0 Å². The van der Waals surface area contributed by atoms with Gasteiger partial charge in [0.25, 0.3) is 5.69 Å². The molecule has 0 bridgehead atoms. The average molecular weight is 286 g/mol. The van der Waals surface area contributed by atoms with E-state index in [1.54, 1.807) is 12.1 Å². The van der Waals surface area contributed by atoms with Crippen molar-refractivity contribution in [1.29, 1.82) is 0 Å². The fraction of sp³-hybridized carbons (Fsp3) is 0.250. The number of nitro groups is 1. The molecule has 0 heterocycles. The minimum atomic E-state index is -0.413. The van der Waals surface area contributed by atoms with E-state index in [0.29, 0.717) is 0 Å². The molecule has 0 aliphatic carbocycles. The number of non-ortho nitro benzene ring substituents is 1. The van der Waals surface area contributed by atoms with E-state index in [0.717, 1.165) is 22.4 Å². The summed E-state index contributed by atoms with van der Waals surface area (Å²) >= 11 is 0. The largest absolute Gasteiger partial charge is 0.507 e. The SMILES string of the molecule is Cc1ccc(NC(C)c2ccc([N+](=O)[O-])cc2)c(C)c1O. The summed E-state index contributed by atoms with van der Waals surface area (Å²) in [6.45, 7) is 5.68. The third-order valence-corrected chi connectivity index (χ3v) is 3.61. The van der Waals surface area contributed by atoms with Gasteiger partial charge in [-0.1, -0.05) is 18.2 Å². The van der Waals surface area contributed by atoms with Crippen molar-refractivity contribution in [3.63, 3.8) is 0 Å². The molecule has 5 heteroatoms. The van der Waals surface area contributed by atoms with Gasteiger partial charge in [-0.05, 0) is 38.0 Å². The van der Waals surface area contributed by atoms with E-state index in [2.05, 4.69) is 5.32 Å². The Bertz CT molecular complexity index is 666. The second-order valence-corrected chi connectivity index (χ2v) is 5.12. The molecular weight excluding hydrogens is 268 g/mol. The Morgan fingerprint density at radius 1 is 1.14 bits per heavy atom. The topological polar surface area (TPSA) is 75.4 Å². The fourth-order valence-corrected chi connectivity index (χ4v) is 2.19. The lowest BCUT2D eigenvalue weighted by molar-refractivity contribution is -0.384. The van der Waals surface area contributed by atoms with Crippen LogP contribution >= 0.6 is 0 Å². The molecular formula is C16H18N2O3. The molecule has 2 aromatic carbocycles. The standard InChI is InChI=1S/C16H18N2O3/c1-10-4-9-15(11(2)16(10)19)17-12(3)13-5-7-14(8-6-13)18(20)21/h4-9,12,17,19H,1-3H3. The summed E-state index contributed by atoms with van der Waals surface area (Å²) in [5, 5.41) is 23.9. The van der Waals surface area contributed by atoms with Gasteiger partial charge in [0.1, 0.15) is 5.75 Å². The van der Waals surface area contributed by atoms with Crippen LogP contribution < -0.4 is 5.32 Å². The molecule has 0 saturated heterocycles. The van der Waals surface area contributed by atoms with E-state index in [4.69, 9.17) is 0 Å². The van der Waals surface area contributed by atoms with Crippen molar-refractivity contribution in [2.24, 2.45) is 0 Å². The average Bonchev–Trinajstić information content (AvgIpc) is 2.48. The third kappa shape index (κ3) is 3.13. The Morgan fingerprint density at radius 3 is 2.33 bits per heavy atom. The first-order valence-corrected chi connectivity index (χ1v) is 6.70. The fourth-order valence-electron chi connectivity index (χ4n) is 2.19. The number of anilines is 1. The number of phenols is 1. The quantitative estimate of drug-likeness (QED) is 0.655. The van der Waals surface area contributed by atoms with E-state index < -0.39 is 4.92 Å². The molecule has 0 aromatic heterocycles. The number of phenolic OH excluding ortho intramolecular Hbond substituents is 1. The summed E-state index contributed by atoms with van der Waals surface area (Å²) in [6.07, 6.45) is 0. The van der Waals surface area contributed by atoms with E-state index in [9.17, 15) is 15.2 Å². The van der Waals surface area contributed by atoms with Crippen molar-refractivity contribution >= 4 is 11.4 Å². The number of nitrogens with one attached hydrogen (secondary N) is 1. The van der Waals surface area contributed by atoms with Crippen LogP contribution in [0.4, 0.5) is 11.4 Å². The van der Waals surface area contributed by atoms with Gasteiger partial charge in [-0.25, -0.2) is 0 Å². The summed E-state index contributed by atoms with van der Waals surface area (Å²) in [6, 6.07) is 10.2. The summed E-state index contributed by atoms with van der Waals surface area (Å²) in [5.74, 6) is 0.288. The monoisotopic (exact) mass is 286 g/mol. The van der Waals surface area contributed by atoms with Crippen LogP contribution in [0.2, 0.25) is 0 Å². The summed E-state index contributed by atoms with van der Waals surface area (Å²) in [5.41, 5.74) is 3.50. The molecule has 21 heavy (non-hydrogen) atoms. The highest BCUT2D eigenvalue weighted by molar-refractivity contribution is 5.60. The van der Waals surface area contributed by atoms with Crippen molar-refractivity contribution in [1.82, 2.24) is 0 Å². The highest BCUT2D eigenvalue weighted by atomic mass is 16.6. The molecule has 2 aromatic rings. The molecule has 1 atom stereocenters. The zero-order valence-corrected chi connectivity index (χ0v) is 12.3. The Labute approximate surface area is 123 Å². The van der Waals surface area contributed by atoms with Crippen molar-refractivity contribution < 1.29 is 10.0 Å². The van der Waals surface area contributed by atoms with Gasteiger partial charge in [0.15, 0.2) is 0 Å². The molecule has 1 unspecified atom stereocenters. The Kier molecular flexibility index (Phi) is 4.12. The van der Waals surface area contributed by atoms with Gasteiger partial charge >= 0.3 is 0 Å². The van der Waals surface area contributed by atoms with E-state index >= 15 is 0 Å². The van der Waals surface area contributed by atoms with E-state index in [1.807, 2.05) is 32.9 Å². The normalized spacial score (nSPS) is 12.0. The molecule has 0 amide bonds. The van der Waals surface area contributed by atoms with Crippen LogP contribution in [0.15, 0.2) is 36.4 Å². The van der Waals surface area contributed by atoms with Crippen molar-refractivity contribution in [2.75, 3.05) is 5.32 Å².